The molecule has 0 bridgehead atoms. The van der Waals surface area contributed by atoms with Crippen LogP contribution in [-0.4, -0.2) is 55.1 Å². The normalized spacial score (nSPS) is 10.1. The fraction of sp³-hybridized carbons (Fsp3) is 0.177. The molecule has 0 heterocycles. The Labute approximate surface area is 419 Å². The lowest BCUT2D eigenvalue weighted by atomic mass is 10.1. The van der Waals surface area contributed by atoms with Gasteiger partial charge in [-0.3, -0.25) is 0 Å². The molecule has 6 rings (SSSR count). The number of hydrogen-bond donors (Lipinski definition) is 2. The van der Waals surface area contributed by atoms with Crippen molar-refractivity contribution in [3.05, 3.63) is 231 Å². The Morgan fingerprint density at radius 2 is 0.690 bits per heavy atom. The van der Waals surface area contributed by atoms with Gasteiger partial charge in [-0.2, -0.15) is 0 Å². The number of aliphatic hydroxyl groups is 2. The van der Waals surface area contributed by atoms with Crippen LogP contribution in [0.15, 0.2) is 164 Å². The third-order valence-electron chi connectivity index (χ3n) is 9.53. The molecule has 362 valence electrons. The first-order valence-electron chi connectivity index (χ1n) is 22.5. The molecule has 0 fully saturated rings. The van der Waals surface area contributed by atoms with Crippen molar-refractivity contribution >= 4 is 36.1 Å². The van der Waals surface area contributed by atoms with Gasteiger partial charge in [0.25, 0.3) is 0 Å². The molecule has 0 aromatic heterocycles. The van der Waals surface area contributed by atoms with Crippen molar-refractivity contribution in [1.82, 2.24) is 0 Å². The molecule has 0 amide bonds. The van der Waals surface area contributed by atoms with Crippen LogP contribution in [0, 0.1) is 35.5 Å². The van der Waals surface area contributed by atoms with Crippen molar-refractivity contribution in [3.63, 3.8) is 0 Å². The molecule has 0 aliphatic rings. The van der Waals surface area contributed by atoms with Gasteiger partial charge in [0.05, 0.1) is 56.3 Å². The largest absolute Gasteiger partial charge is 0.462 e. The van der Waals surface area contributed by atoms with Crippen LogP contribution >= 0.6 is 0 Å². The first kappa shape index (κ1) is 56.8. The van der Waals surface area contributed by atoms with E-state index in [1.54, 1.807) is 101 Å². The Balaban J connectivity index is 0.000000280. The molecule has 0 unspecified atom stereocenters. The second kappa shape index (κ2) is 33.1. The first-order chi connectivity index (χ1) is 34.2. The molecule has 9 heteroatoms. The topological polar surface area (TPSA) is 129 Å². The van der Waals surface area contributed by atoms with Crippen molar-refractivity contribution in [3.8, 4) is 35.5 Å². The van der Waals surface area contributed by atoms with Gasteiger partial charge in [-0.25, -0.2) is 14.4 Å². The average Bonchev–Trinajstić information content (AvgIpc) is 3.40. The molecule has 0 spiro atoms. The fourth-order valence-electron chi connectivity index (χ4n) is 5.86. The zero-order chi connectivity index (χ0) is 50.2. The maximum absolute atomic E-state index is 11.6. The van der Waals surface area contributed by atoms with Crippen LogP contribution in [-0.2, 0) is 38.8 Å². The summed E-state index contributed by atoms with van der Waals surface area (Å²) in [6.07, 6.45) is 11.1. The van der Waals surface area contributed by atoms with Crippen LogP contribution in [0.2, 0.25) is 0 Å². The zero-order valence-electron chi connectivity index (χ0n) is 39.8. The number of aliphatic hydroxyl groups excluding tert-OH is 2. The average molecular weight is 949 g/mol. The smallest absolute Gasteiger partial charge is 0.338 e. The summed E-state index contributed by atoms with van der Waals surface area (Å²) >= 11 is 0. The van der Waals surface area contributed by atoms with E-state index < -0.39 is 0 Å². The predicted octanol–water partition coefficient (Wildman–Crippen LogP) is 11.6. The number of rotatable bonds is 13. The molecule has 6 aromatic rings. The molecule has 71 heavy (non-hydrogen) atoms. The fourth-order valence-corrected chi connectivity index (χ4v) is 5.86. The van der Waals surface area contributed by atoms with Crippen molar-refractivity contribution in [2.45, 2.75) is 48.0 Å². The molecular formula is C62H60O9. The minimum absolute atomic E-state index is 0. The summed E-state index contributed by atoms with van der Waals surface area (Å²) in [6, 6.07) is 44.4. The molecule has 0 saturated heterocycles. The number of benzene rings is 6. The summed E-state index contributed by atoms with van der Waals surface area (Å²) in [4.78, 5) is 34.6. The molecule has 2 N–H and O–H groups in total. The van der Waals surface area contributed by atoms with Crippen LogP contribution in [0.4, 0.5) is 0 Å². The lowest BCUT2D eigenvalue weighted by Gasteiger charge is -2.00. The van der Waals surface area contributed by atoms with Crippen molar-refractivity contribution in [1.29, 1.82) is 0 Å². The maximum atomic E-state index is 11.6. The number of ether oxygens (including phenoxy) is 4. The van der Waals surface area contributed by atoms with Crippen molar-refractivity contribution in [2.24, 2.45) is 0 Å². The summed E-state index contributed by atoms with van der Waals surface area (Å²) in [5.74, 6) is 17.0. The van der Waals surface area contributed by atoms with E-state index in [1.807, 2.05) is 109 Å². The Kier molecular flexibility index (Phi) is 26.5. The highest BCUT2D eigenvalue weighted by atomic mass is 16.5. The molecule has 0 radical (unpaired) electrons. The van der Waals surface area contributed by atoms with E-state index >= 15 is 0 Å². The molecular weight excluding hydrogens is 889 g/mol. The summed E-state index contributed by atoms with van der Waals surface area (Å²) in [6.45, 7) is 7.16. The monoisotopic (exact) mass is 948 g/mol. The van der Waals surface area contributed by atoms with Crippen LogP contribution in [0.5, 0.6) is 0 Å². The van der Waals surface area contributed by atoms with E-state index in [-0.39, 0.29) is 38.5 Å². The molecule has 9 nitrogen and oxygen atoms in total. The van der Waals surface area contributed by atoms with E-state index in [0.717, 1.165) is 50.1 Å². The van der Waals surface area contributed by atoms with E-state index in [9.17, 15) is 14.4 Å². The Bertz CT molecular complexity index is 2710. The minimum atomic E-state index is -0.321. The van der Waals surface area contributed by atoms with Gasteiger partial charge in [0.15, 0.2) is 0 Å². The predicted molar refractivity (Wildman–Crippen MR) is 284 cm³/mol. The maximum Gasteiger partial charge on any atom is 0.338 e. The summed E-state index contributed by atoms with van der Waals surface area (Å²) in [5, 5.41) is 18.0. The number of esters is 3. The van der Waals surface area contributed by atoms with Gasteiger partial charge in [-0.1, -0.05) is 116 Å². The van der Waals surface area contributed by atoms with E-state index in [2.05, 4.69) is 35.5 Å². The van der Waals surface area contributed by atoms with E-state index in [0.29, 0.717) is 43.1 Å². The van der Waals surface area contributed by atoms with Gasteiger partial charge in [0.2, 0.25) is 0 Å². The van der Waals surface area contributed by atoms with Crippen LogP contribution in [0.1, 0.15) is 109 Å². The summed E-state index contributed by atoms with van der Waals surface area (Å²) in [7, 11) is 1.68. The third kappa shape index (κ3) is 21.6. The number of methoxy groups -OCH3 is 1. The minimum Gasteiger partial charge on any atom is -0.462 e. The summed E-state index contributed by atoms with van der Waals surface area (Å²) < 4.78 is 19.9. The molecule has 0 atom stereocenters. The summed E-state index contributed by atoms with van der Waals surface area (Å²) in [5.41, 5.74) is 10.1. The number of hydrogen-bond acceptors (Lipinski definition) is 9. The molecule has 6 aromatic carbocycles. The van der Waals surface area contributed by atoms with Gasteiger partial charge in [-0.05, 0) is 163 Å². The molecule has 0 saturated carbocycles. The molecule has 0 aliphatic heterocycles. The van der Waals surface area contributed by atoms with Gasteiger partial charge in [-0.15, -0.1) is 0 Å². The van der Waals surface area contributed by atoms with Crippen LogP contribution < -0.4 is 0 Å². The molecule has 0 aliphatic carbocycles. The standard InChI is InChI=1S/C21H20O3.2C20H18O3.CH4/c1-3-24-21(22)20-14-12-18(13-15-20)7-5-4-6-17-8-10-19(11-9-17)16-23-2;2*1-2-23-20(22)19-13-11-17(12-14-19)6-4-3-5-16-7-9-18(15-21)10-8-16;/h4,6,8-15H,3,16H2,1-2H3;2*3,5,7-14,21H,2,15H2,1H3;1H4/b;5-3+;5-3-;. The highest BCUT2D eigenvalue weighted by molar-refractivity contribution is 5.90. The SMILES string of the molecule is C.CCOC(=O)c1ccc(C#C/C=C/c2ccc(CO)cc2)cc1.CCOC(=O)c1ccc(C#C/C=C\c2ccc(CO)cc2)cc1.CCOC(=O)c1ccc(C#CC=Cc2ccc(COC)cc2)cc1. The van der Waals surface area contributed by atoms with Gasteiger partial charge < -0.3 is 29.2 Å². The van der Waals surface area contributed by atoms with Crippen molar-refractivity contribution < 1.29 is 43.5 Å². The second-order valence-electron chi connectivity index (χ2n) is 14.7. The lowest BCUT2D eigenvalue weighted by Crippen LogP contribution is -2.03. The van der Waals surface area contributed by atoms with E-state index in [4.69, 9.17) is 29.2 Å². The number of allylic oxidation sites excluding steroid dienone is 3. The Morgan fingerprint density at radius 1 is 0.423 bits per heavy atom. The van der Waals surface area contributed by atoms with Crippen LogP contribution in [0.3, 0.4) is 0 Å². The van der Waals surface area contributed by atoms with Gasteiger partial charge in [0, 0.05) is 23.8 Å². The van der Waals surface area contributed by atoms with Crippen LogP contribution in [0.25, 0.3) is 18.2 Å². The number of carbonyl (C=O) groups is 3. The highest BCUT2D eigenvalue weighted by Crippen LogP contribution is 2.11. The second-order valence-corrected chi connectivity index (χ2v) is 14.7. The Morgan fingerprint density at radius 3 is 0.930 bits per heavy atom. The Hall–Kier alpha value is -8.49. The quantitative estimate of drug-likeness (QED) is 0.0660. The highest BCUT2D eigenvalue weighted by Gasteiger charge is 2.06. The van der Waals surface area contributed by atoms with Gasteiger partial charge >= 0.3 is 17.9 Å². The third-order valence-corrected chi connectivity index (χ3v) is 9.53. The van der Waals surface area contributed by atoms with E-state index in [1.165, 1.54) is 0 Å². The zero-order valence-corrected chi connectivity index (χ0v) is 39.8. The van der Waals surface area contributed by atoms with Crippen molar-refractivity contribution in [2.75, 3.05) is 26.9 Å². The first-order valence-corrected chi connectivity index (χ1v) is 22.5. The lowest BCUT2D eigenvalue weighted by molar-refractivity contribution is 0.0516. The van der Waals surface area contributed by atoms with Gasteiger partial charge in [0.1, 0.15) is 0 Å². The number of carbonyl (C=O) groups excluding carboxylic acids is 3.